The van der Waals surface area contributed by atoms with Crippen molar-refractivity contribution in [2.24, 2.45) is 0 Å². The van der Waals surface area contributed by atoms with Crippen LogP contribution in [0.15, 0.2) is 12.1 Å². The Labute approximate surface area is 146 Å². The van der Waals surface area contributed by atoms with Crippen LogP contribution in [0.4, 0.5) is 13.2 Å². The molecular weight excluding hydrogens is 345 g/mol. The van der Waals surface area contributed by atoms with Crippen LogP contribution in [0.2, 0.25) is 0 Å². The van der Waals surface area contributed by atoms with Crippen molar-refractivity contribution < 1.29 is 22.6 Å². The van der Waals surface area contributed by atoms with Gasteiger partial charge in [-0.1, -0.05) is 0 Å². The molecule has 0 bridgehead atoms. The molecule has 2 rings (SSSR count). The SMILES string of the molecule is COc1cc(C)cc(OC)c1[C@@H](CC(F)(F)F)N1CCNCC1.Cl. The maximum Gasteiger partial charge on any atom is 0.390 e. The Morgan fingerprint density at radius 1 is 1.12 bits per heavy atom. The summed E-state index contributed by atoms with van der Waals surface area (Å²) in [5.74, 6) is 0.879. The lowest BCUT2D eigenvalue weighted by Gasteiger charge is -2.36. The highest BCUT2D eigenvalue weighted by molar-refractivity contribution is 5.85. The number of halogens is 4. The summed E-state index contributed by atoms with van der Waals surface area (Å²) in [7, 11) is 2.94. The highest BCUT2D eigenvalue weighted by Gasteiger charge is 2.38. The number of benzene rings is 1. The van der Waals surface area contributed by atoms with E-state index in [1.54, 1.807) is 12.1 Å². The number of piperazine rings is 1. The van der Waals surface area contributed by atoms with Crippen LogP contribution < -0.4 is 14.8 Å². The van der Waals surface area contributed by atoms with E-state index in [0.717, 1.165) is 5.56 Å². The van der Waals surface area contributed by atoms with Crippen LogP contribution >= 0.6 is 12.4 Å². The summed E-state index contributed by atoms with van der Waals surface area (Å²) in [5.41, 5.74) is 1.35. The third-order valence-corrected chi connectivity index (χ3v) is 4.04. The van der Waals surface area contributed by atoms with Gasteiger partial charge in [-0.15, -0.1) is 12.4 Å². The summed E-state index contributed by atoms with van der Waals surface area (Å²) in [6.07, 6.45) is -5.20. The van der Waals surface area contributed by atoms with Crippen molar-refractivity contribution in [1.29, 1.82) is 0 Å². The van der Waals surface area contributed by atoms with Crippen molar-refractivity contribution in [1.82, 2.24) is 10.2 Å². The zero-order valence-corrected chi connectivity index (χ0v) is 14.9. The molecule has 1 aromatic rings. The standard InChI is InChI=1S/C16H23F3N2O2.ClH/c1-11-8-13(22-2)15(14(9-11)23-3)12(10-16(17,18)19)21-6-4-20-5-7-21;/h8-9,12,20H,4-7,10H2,1-3H3;1H/t12-;/m1./s1. The van der Waals surface area contributed by atoms with Crippen LogP contribution in [0.1, 0.15) is 23.6 Å². The summed E-state index contributed by atoms with van der Waals surface area (Å²) in [5, 5.41) is 3.16. The van der Waals surface area contributed by atoms with E-state index in [0.29, 0.717) is 43.2 Å². The molecular formula is C16H24ClF3N2O2. The number of nitrogens with zero attached hydrogens (tertiary/aromatic N) is 1. The Bertz CT molecular complexity index is 510. The maximum atomic E-state index is 13.2. The minimum atomic E-state index is -4.27. The van der Waals surface area contributed by atoms with Gasteiger partial charge >= 0.3 is 6.18 Å². The maximum absolute atomic E-state index is 13.2. The second kappa shape index (κ2) is 8.78. The molecule has 0 amide bonds. The first-order valence-corrected chi connectivity index (χ1v) is 7.59. The van der Waals surface area contributed by atoms with E-state index >= 15 is 0 Å². The van der Waals surface area contributed by atoms with Crippen molar-refractivity contribution in [3.63, 3.8) is 0 Å². The fourth-order valence-electron chi connectivity index (χ4n) is 3.03. The highest BCUT2D eigenvalue weighted by atomic mass is 35.5. The number of rotatable bonds is 5. The Morgan fingerprint density at radius 3 is 2.04 bits per heavy atom. The molecule has 1 atom stereocenters. The largest absolute Gasteiger partial charge is 0.496 e. The van der Waals surface area contributed by atoms with E-state index < -0.39 is 18.6 Å². The third kappa shape index (κ3) is 5.16. The highest BCUT2D eigenvalue weighted by Crippen LogP contribution is 2.43. The molecule has 4 nitrogen and oxygen atoms in total. The molecule has 1 fully saturated rings. The van der Waals surface area contributed by atoms with Crippen molar-refractivity contribution in [2.75, 3.05) is 40.4 Å². The molecule has 1 aliphatic heterocycles. The molecule has 8 heteroatoms. The predicted molar refractivity (Wildman–Crippen MR) is 89.4 cm³/mol. The van der Waals surface area contributed by atoms with Gasteiger partial charge in [0.25, 0.3) is 0 Å². The third-order valence-electron chi connectivity index (χ3n) is 4.04. The number of alkyl halides is 3. The Morgan fingerprint density at radius 2 is 1.62 bits per heavy atom. The average molecular weight is 369 g/mol. The molecule has 138 valence electrons. The molecule has 0 aliphatic carbocycles. The summed E-state index contributed by atoms with van der Waals surface area (Å²) in [6, 6.07) is 2.69. The molecule has 0 aromatic heterocycles. The molecule has 1 aromatic carbocycles. The molecule has 0 unspecified atom stereocenters. The van der Waals surface area contributed by atoms with E-state index in [2.05, 4.69) is 5.32 Å². The van der Waals surface area contributed by atoms with Gasteiger partial charge in [-0.3, -0.25) is 4.90 Å². The van der Waals surface area contributed by atoms with Crippen LogP contribution in [-0.4, -0.2) is 51.5 Å². The van der Waals surface area contributed by atoms with Crippen LogP contribution in [0, 0.1) is 6.92 Å². The predicted octanol–water partition coefficient (Wildman–Crippen LogP) is 3.33. The molecule has 0 spiro atoms. The number of ether oxygens (including phenoxy) is 2. The van der Waals surface area contributed by atoms with Gasteiger partial charge in [0.05, 0.1) is 32.2 Å². The lowest BCUT2D eigenvalue weighted by molar-refractivity contribution is -0.149. The van der Waals surface area contributed by atoms with E-state index in [-0.39, 0.29) is 12.4 Å². The first-order valence-electron chi connectivity index (χ1n) is 7.59. The molecule has 1 heterocycles. The summed E-state index contributed by atoms with van der Waals surface area (Å²) < 4.78 is 50.2. The molecule has 24 heavy (non-hydrogen) atoms. The van der Waals surface area contributed by atoms with Crippen LogP contribution in [0.25, 0.3) is 0 Å². The zero-order chi connectivity index (χ0) is 17.0. The Hall–Kier alpha value is -1.18. The number of nitrogens with one attached hydrogen (secondary N) is 1. The number of hydrogen-bond acceptors (Lipinski definition) is 4. The fourth-order valence-corrected chi connectivity index (χ4v) is 3.03. The molecule has 1 aliphatic rings. The molecule has 1 saturated heterocycles. The fraction of sp³-hybridized carbons (Fsp3) is 0.625. The Balaban J connectivity index is 0.00000288. The van der Waals surface area contributed by atoms with Gasteiger partial charge in [-0.2, -0.15) is 13.2 Å². The topological polar surface area (TPSA) is 33.7 Å². The van der Waals surface area contributed by atoms with Gasteiger partial charge in [0.1, 0.15) is 11.5 Å². The smallest absolute Gasteiger partial charge is 0.390 e. The second-order valence-electron chi connectivity index (χ2n) is 5.70. The van der Waals surface area contributed by atoms with Crippen molar-refractivity contribution in [3.8, 4) is 11.5 Å². The van der Waals surface area contributed by atoms with Gasteiger partial charge < -0.3 is 14.8 Å². The summed E-state index contributed by atoms with van der Waals surface area (Å²) in [6.45, 7) is 4.32. The monoisotopic (exact) mass is 368 g/mol. The first-order chi connectivity index (χ1) is 10.9. The van der Waals surface area contributed by atoms with E-state index in [1.807, 2.05) is 11.8 Å². The van der Waals surface area contributed by atoms with Gasteiger partial charge in [0.15, 0.2) is 0 Å². The van der Waals surface area contributed by atoms with Crippen molar-refractivity contribution in [2.45, 2.75) is 25.6 Å². The van der Waals surface area contributed by atoms with Crippen molar-refractivity contribution in [3.05, 3.63) is 23.3 Å². The number of methoxy groups -OCH3 is 2. The van der Waals surface area contributed by atoms with Crippen LogP contribution in [0.5, 0.6) is 11.5 Å². The second-order valence-corrected chi connectivity index (χ2v) is 5.70. The minimum absolute atomic E-state index is 0. The number of aryl methyl sites for hydroxylation is 1. The van der Waals surface area contributed by atoms with Gasteiger partial charge in [-0.05, 0) is 24.6 Å². The van der Waals surface area contributed by atoms with Crippen molar-refractivity contribution >= 4 is 12.4 Å². The van der Waals surface area contributed by atoms with Gasteiger partial charge in [0.2, 0.25) is 0 Å². The van der Waals surface area contributed by atoms with Crippen LogP contribution in [0.3, 0.4) is 0 Å². The minimum Gasteiger partial charge on any atom is -0.496 e. The molecule has 0 saturated carbocycles. The van der Waals surface area contributed by atoms with Gasteiger partial charge in [0, 0.05) is 26.2 Å². The van der Waals surface area contributed by atoms with Gasteiger partial charge in [-0.25, -0.2) is 0 Å². The number of hydrogen-bond donors (Lipinski definition) is 1. The average Bonchev–Trinajstić information content (AvgIpc) is 2.52. The lowest BCUT2D eigenvalue weighted by atomic mass is 9.97. The van der Waals surface area contributed by atoms with E-state index in [4.69, 9.17) is 9.47 Å². The molecule has 0 radical (unpaired) electrons. The van der Waals surface area contributed by atoms with E-state index in [1.165, 1.54) is 14.2 Å². The molecule has 1 N–H and O–H groups in total. The quantitative estimate of drug-likeness (QED) is 0.864. The zero-order valence-electron chi connectivity index (χ0n) is 14.1. The Kier molecular flexibility index (Phi) is 7.63. The van der Waals surface area contributed by atoms with Crippen LogP contribution in [-0.2, 0) is 0 Å². The first kappa shape index (κ1) is 20.9. The summed E-state index contributed by atoms with van der Waals surface area (Å²) in [4.78, 5) is 1.85. The lowest BCUT2D eigenvalue weighted by Crippen LogP contribution is -2.46. The van der Waals surface area contributed by atoms with E-state index in [9.17, 15) is 13.2 Å². The summed E-state index contributed by atoms with van der Waals surface area (Å²) >= 11 is 0. The normalized spacial score (nSPS) is 17.1.